The molecule has 0 heterocycles. The third kappa shape index (κ3) is 14.6. The van der Waals surface area contributed by atoms with Crippen LogP contribution >= 0.6 is 0 Å². The van der Waals surface area contributed by atoms with Crippen LogP contribution in [0.15, 0.2) is 23.3 Å². The minimum Gasteiger partial charge on any atom is -0.381 e. The van der Waals surface area contributed by atoms with E-state index >= 15 is 0 Å². The fourth-order valence-electron chi connectivity index (χ4n) is 9.76. The maximum atomic E-state index is 6.03. The summed E-state index contributed by atoms with van der Waals surface area (Å²) in [5.74, 6) is 7.87. The highest BCUT2D eigenvalue weighted by Crippen LogP contribution is 2.38. The number of hydrogen-bond donors (Lipinski definition) is 0. The van der Waals surface area contributed by atoms with E-state index in [2.05, 4.69) is 39.8 Å². The SMILES string of the molecule is CC(C)C1CCC(CCCC2CC=C(CCCCOCCCCC3=CCC(CCCC4CCC(C(C)C)CC4)CC3)CC2)CC1. The molecule has 0 saturated heterocycles. The first-order valence-electron chi connectivity index (χ1n) is 20.9. The summed E-state index contributed by atoms with van der Waals surface area (Å²) in [5.41, 5.74) is 3.51. The molecule has 0 N–H and O–H groups in total. The molecule has 260 valence electrons. The summed E-state index contributed by atoms with van der Waals surface area (Å²) in [6, 6.07) is 0. The van der Waals surface area contributed by atoms with Crippen LogP contribution in [0.2, 0.25) is 0 Å². The number of ether oxygens (including phenoxy) is 1. The van der Waals surface area contributed by atoms with E-state index in [1.165, 1.54) is 167 Å². The largest absolute Gasteiger partial charge is 0.381 e. The van der Waals surface area contributed by atoms with Gasteiger partial charge in [-0.3, -0.25) is 0 Å². The molecule has 0 aromatic heterocycles. The van der Waals surface area contributed by atoms with E-state index in [0.717, 1.165) is 60.6 Å². The molecule has 45 heavy (non-hydrogen) atoms. The topological polar surface area (TPSA) is 9.23 Å². The third-order valence-electron chi connectivity index (χ3n) is 13.4. The average molecular weight is 623 g/mol. The lowest BCUT2D eigenvalue weighted by molar-refractivity contribution is 0.126. The number of rotatable bonds is 20. The number of unbranched alkanes of at least 4 members (excludes halogenated alkanes) is 2. The summed E-state index contributed by atoms with van der Waals surface area (Å²) in [4.78, 5) is 0. The van der Waals surface area contributed by atoms with Crippen molar-refractivity contribution in [1.82, 2.24) is 0 Å². The number of allylic oxidation sites excluding steroid dienone is 4. The van der Waals surface area contributed by atoms with Gasteiger partial charge in [0, 0.05) is 13.2 Å². The van der Waals surface area contributed by atoms with Crippen molar-refractivity contribution >= 4 is 0 Å². The van der Waals surface area contributed by atoms with Gasteiger partial charge in [0.25, 0.3) is 0 Å². The van der Waals surface area contributed by atoms with Crippen LogP contribution in [0.25, 0.3) is 0 Å². The molecular formula is C44H78O. The van der Waals surface area contributed by atoms with Crippen molar-refractivity contribution in [2.45, 2.75) is 195 Å². The second kappa shape index (κ2) is 21.4. The van der Waals surface area contributed by atoms with Crippen LogP contribution in [-0.4, -0.2) is 13.2 Å². The molecule has 0 amide bonds. The van der Waals surface area contributed by atoms with Crippen LogP contribution in [0.4, 0.5) is 0 Å². The van der Waals surface area contributed by atoms with Crippen molar-refractivity contribution in [3.05, 3.63) is 23.3 Å². The van der Waals surface area contributed by atoms with Gasteiger partial charge in [-0.1, -0.05) is 115 Å². The van der Waals surface area contributed by atoms with Crippen LogP contribution < -0.4 is 0 Å². The summed E-state index contributed by atoms with van der Waals surface area (Å²) in [6.07, 6.45) is 42.4. The van der Waals surface area contributed by atoms with Crippen LogP contribution in [0.5, 0.6) is 0 Å². The summed E-state index contributed by atoms with van der Waals surface area (Å²) in [6.45, 7) is 11.6. The van der Waals surface area contributed by atoms with E-state index in [-0.39, 0.29) is 0 Å². The molecule has 1 nitrogen and oxygen atoms in total. The molecule has 4 rings (SSSR count). The fourth-order valence-corrected chi connectivity index (χ4v) is 9.76. The molecular weight excluding hydrogens is 544 g/mol. The molecule has 1 heteroatoms. The third-order valence-corrected chi connectivity index (χ3v) is 13.4. The van der Waals surface area contributed by atoms with Crippen molar-refractivity contribution < 1.29 is 4.74 Å². The van der Waals surface area contributed by atoms with Crippen molar-refractivity contribution in [2.24, 2.45) is 47.3 Å². The van der Waals surface area contributed by atoms with Gasteiger partial charge in [0.1, 0.15) is 0 Å². The van der Waals surface area contributed by atoms with Crippen molar-refractivity contribution in [2.75, 3.05) is 13.2 Å². The van der Waals surface area contributed by atoms with Gasteiger partial charge in [0.15, 0.2) is 0 Å². The Labute approximate surface area is 282 Å². The monoisotopic (exact) mass is 623 g/mol. The van der Waals surface area contributed by atoms with Gasteiger partial charge < -0.3 is 4.74 Å². The zero-order valence-corrected chi connectivity index (χ0v) is 31.0. The standard InChI is InChI=1S/C44H78O/c1-35(2)43-29-25-41(26-30-43)15-9-13-39-21-17-37(18-22-39)11-5-7-33-45-34-8-6-12-38-19-23-40(24-20-38)14-10-16-42-27-31-44(32-28-42)36(3)4/h17,19,35-36,39-44H,5-16,18,20-34H2,1-4H3. The molecule has 2 saturated carbocycles. The van der Waals surface area contributed by atoms with E-state index in [1.807, 2.05) is 0 Å². The molecule has 4 aliphatic rings. The van der Waals surface area contributed by atoms with E-state index in [9.17, 15) is 0 Å². The molecule has 0 aromatic rings. The fraction of sp³-hybridized carbons (Fsp3) is 0.909. The minimum atomic E-state index is 0.901. The highest BCUT2D eigenvalue weighted by molar-refractivity contribution is 5.07. The highest BCUT2D eigenvalue weighted by Gasteiger charge is 2.25. The van der Waals surface area contributed by atoms with Gasteiger partial charge >= 0.3 is 0 Å². The molecule has 2 unspecified atom stereocenters. The predicted octanol–water partition coefficient (Wildman–Crippen LogP) is 14.1. The molecule has 0 bridgehead atoms. The Hall–Kier alpha value is -0.560. The number of hydrogen-bond acceptors (Lipinski definition) is 1. The zero-order chi connectivity index (χ0) is 31.7. The smallest absolute Gasteiger partial charge is 0.0466 e. The Bertz CT molecular complexity index is 750. The zero-order valence-electron chi connectivity index (χ0n) is 31.0. The highest BCUT2D eigenvalue weighted by atomic mass is 16.5. The maximum absolute atomic E-state index is 6.03. The molecule has 0 aliphatic heterocycles. The molecule has 4 aliphatic carbocycles. The molecule has 2 fully saturated rings. The van der Waals surface area contributed by atoms with Crippen molar-refractivity contribution in [1.29, 1.82) is 0 Å². The van der Waals surface area contributed by atoms with Crippen LogP contribution in [0, 0.1) is 47.3 Å². The normalized spacial score (nSPS) is 29.6. The second-order valence-electron chi connectivity index (χ2n) is 17.4. The Kier molecular flexibility index (Phi) is 17.7. The van der Waals surface area contributed by atoms with Gasteiger partial charge in [-0.2, -0.15) is 0 Å². The van der Waals surface area contributed by atoms with E-state index in [1.54, 1.807) is 11.1 Å². The van der Waals surface area contributed by atoms with E-state index in [4.69, 9.17) is 4.74 Å². The average Bonchev–Trinajstić information content (AvgIpc) is 3.06. The summed E-state index contributed by atoms with van der Waals surface area (Å²) >= 11 is 0. The Morgan fingerprint density at radius 2 is 0.889 bits per heavy atom. The summed E-state index contributed by atoms with van der Waals surface area (Å²) in [7, 11) is 0. The Balaban J connectivity index is 0.907. The predicted molar refractivity (Wildman–Crippen MR) is 198 cm³/mol. The van der Waals surface area contributed by atoms with Crippen molar-refractivity contribution in [3.63, 3.8) is 0 Å². The first kappa shape index (κ1) is 37.3. The van der Waals surface area contributed by atoms with Gasteiger partial charge in [-0.15, -0.1) is 0 Å². The molecule has 0 spiro atoms. The van der Waals surface area contributed by atoms with Gasteiger partial charge in [0.05, 0.1) is 0 Å². The van der Waals surface area contributed by atoms with Crippen LogP contribution in [0.3, 0.4) is 0 Å². The lowest BCUT2D eigenvalue weighted by atomic mass is 9.75. The van der Waals surface area contributed by atoms with Crippen molar-refractivity contribution in [3.8, 4) is 0 Å². The Morgan fingerprint density at radius 1 is 0.489 bits per heavy atom. The minimum absolute atomic E-state index is 0.901. The van der Waals surface area contributed by atoms with E-state index in [0.29, 0.717) is 0 Å². The summed E-state index contributed by atoms with van der Waals surface area (Å²) < 4.78 is 6.03. The molecule has 0 radical (unpaired) electrons. The van der Waals surface area contributed by atoms with E-state index < -0.39 is 0 Å². The lowest BCUT2D eigenvalue weighted by Gasteiger charge is -2.31. The quantitative estimate of drug-likeness (QED) is 0.0969. The van der Waals surface area contributed by atoms with Gasteiger partial charge in [0.2, 0.25) is 0 Å². The molecule has 0 aromatic carbocycles. The lowest BCUT2D eigenvalue weighted by Crippen LogP contribution is -2.18. The Morgan fingerprint density at radius 3 is 1.24 bits per heavy atom. The van der Waals surface area contributed by atoms with Gasteiger partial charge in [-0.05, 0) is 150 Å². The first-order chi connectivity index (χ1) is 22.0. The van der Waals surface area contributed by atoms with Crippen LogP contribution in [0.1, 0.15) is 195 Å². The summed E-state index contributed by atoms with van der Waals surface area (Å²) in [5, 5.41) is 0. The van der Waals surface area contributed by atoms with Gasteiger partial charge in [-0.25, -0.2) is 0 Å². The van der Waals surface area contributed by atoms with Crippen LogP contribution in [-0.2, 0) is 4.74 Å². The first-order valence-corrected chi connectivity index (χ1v) is 20.9. The molecule has 2 atom stereocenters. The maximum Gasteiger partial charge on any atom is 0.0466 e. The second-order valence-corrected chi connectivity index (χ2v) is 17.4.